The van der Waals surface area contributed by atoms with Crippen LogP contribution in [0.2, 0.25) is 10.4 Å². The molecule has 1 aromatic carbocycles. The molecule has 0 amide bonds. The zero-order chi connectivity index (χ0) is 17.4. The van der Waals surface area contributed by atoms with Crippen LogP contribution in [0.25, 0.3) is 10.9 Å². The number of nitrogens with zero attached hydrogens (tertiary/aromatic N) is 2. The Bertz CT molecular complexity index is 665. The van der Waals surface area contributed by atoms with Crippen molar-refractivity contribution < 1.29 is 9.47 Å². The number of benzene rings is 1. The number of fused-ring (bicyclic) bond motifs is 1. The van der Waals surface area contributed by atoms with E-state index in [-0.39, 0.29) is 5.28 Å². The highest BCUT2D eigenvalue weighted by Gasteiger charge is 2.13. The third-order valence-corrected chi connectivity index (χ3v) is 4.16. The van der Waals surface area contributed by atoms with Crippen molar-refractivity contribution in [3.8, 4) is 11.5 Å². The molecule has 6 heteroatoms. The Labute approximate surface area is 153 Å². The number of rotatable bonds is 10. The molecule has 0 aliphatic carbocycles. The van der Waals surface area contributed by atoms with Gasteiger partial charge in [-0.1, -0.05) is 51.1 Å². The highest BCUT2D eigenvalue weighted by molar-refractivity contribution is 6.35. The van der Waals surface area contributed by atoms with Gasteiger partial charge < -0.3 is 9.47 Å². The summed E-state index contributed by atoms with van der Waals surface area (Å²) in [7, 11) is 0. The van der Waals surface area contributed by atoms with E-state index < -0.39 is 0 Å². The molecule has 0 fully saturated rings. The molecule has 2 rings (SSSR count). The van der Waals surface area contributed by atoms with E-state index in [1.54, 1.807) is 0 Å². The predicted octanol–water partition coefficient (Wildman–Crippen LogP) is 6.07. The van der Waals surface area contributed by atoms with Crippen LogP contribution < -0.4 is 9.47 Å². The van der Waals surface area contributed by atoms with Crippen LogP contribution in [0, 0.1) is 0 Å². The zero-order valence-corrected chi connectivity index (χ0v) is 15.8. The van der Waals surface area contributed by atoms with E-state index in [2.05, 4.69) is 23.8 Å². The monoisotopic (exact) mass is 370 g/mol. The fourth-order valence-corrected chi connectivity index (χ4v) is 2.82. The van der Waals surface area contributed by atoms with Crippen molar-refractivity contribution in [1.82, 2.24) is 9.97 Å². The smallest absolute Gasteiger partial charge is 0.224 e. The Kier molecular flexibility index (Phi) is 7.86. The van der Waals surface area contributed by atoms with E-state index in [0.717, 1.165) is 38.5 Å². The van der Waals surface area contributed by atoms with E-state index in [1.807, 2.05) is 12.1 Å². The van der Waals surface area contributed by atoms with Crippen LogP contribution in [0.4, 0.5) is 0 Å². The maximum atomic E-state index is 6.18. The number of ether oxygens (including phenoxy) is 2. The van der Waals surface area contributed by atoms with Crippen molar-refractivity contribution in [2.24, 2.45) is 0 Å². The lowest BCUT2D eigenvalue weighted by molar-refractivity contribution is 0.260. The van der Waals surface area contributed by atoms with Crippen molar-refractivity contribution in [3.63, 3.8) is 0 Å². The zero-order valence-electron chi connectivity index (χ0n) is 14.3. The maximum absolute atomic E-state index is 6.18. The van der Waals surface area contributed by atoms with Crippen molar-refractivity contribution >= 4 is 34.1 Å². The highest BCUT2D eigenvalue weighted by Crippen LogP contribution is 2.35. The molecule has 1 heterocycles. The number of aromatic nitrogens is 2. The Balaban J connectivity index is 2.23. The van der Waals surface area contributed by atoms with Gasteiger partial charge in [0.05, 0.1) is 18.7 Å². The summed E-state index contributed by atoms with van der Waals surface area (Å²) >= 11 is 12.1. The predicted molar refractivity (Wildman–Crippen MR) is 99.6 cm³/mol. The van der Waals surface area contributed by atoms with Gasteiger partial charge in [-0.3, -0.25) is 0 Å². The average Bonchev–Trinajstić information content (AvgIpc) is 2.56. The molecule has 0 aliphatic heterocycles. The summed E-state index contributed by atoms with van der Waals surface area (Å²) in [6, 6.07) is 3.67. The minimum atomic E-state index is 0.126. The molecule has 24 heavy (non-hydrogen) atoms. The van der Waals surface area contributed by atoms with Crippen LogP contribution in [0.15, 0.2) is 12.1 Å². The molecule has 0 N–H and O–H groups in total. The molecular weight excluding hydrogens is 347 g/mol. The summed E-state index contributed by atoms with van der Waals surface area (Å²) < 4.78 is 11.8. The minimum absolute atomic E-state index is 0.126. The lowest BCUT2D eigenvalue weighted by Crippen LogP contribution is -2.03. The molecule has 4 nitrogen and oxygen atoms in total. The van der Waals surface area contributed by atoms with Gasteiger partial charge in [-0.15, -0.1) is 0 Å². The maximum Gasteiger partial charge on any atom is 0.224 e. The second kappa shape index (κ2) is 9.90. The van der Waals surface area contributed by atoms with Gasteiger partial charge in [-0.2, -0.15) is 0 Å². The second-order valence-electron chi connectivity index (χ2n) is 5.71. The molecule has 0 aliphatic rings. The molecule has 0 atom stereocenters. The number of hydrogen-bond acceptors (Lipinski definition) is 4. The molecule has 0 radical (unpaired) electrons. The SMILES string of the molecule is CCCCCOc1cc2nc(Cl)nc(Cl)c2cc1OCCCCC. The van der Waals surface area contributed by atoms with Gasteiger partial charge in [0.15, 0.2) is 11.5 Å². The van der Waals surface area contributed by atoms with Gasteiger partial charge in [0, 0.05) is 11.5 Å². The summed E-state index contributed by atoms with van der Waals surface area (Å²) in [6.45, 7) is 5.63. The Hall–Kier alpha value is -1.26. The Morgan fingerprint density at radius 2 is 1.42 bits per heavy atom. The molecule has 0 unspecified atom stereocenters. The first-order valence-electron chi connectivity index (χ1n) is 8.58. The molecule has 0 saturated carbocycles. The fourth-order valence-electron chi connectivity index (χ4n) is 2.37. The third-order valence-electron chi connectivity index (χ3n) is 3.70. The third kappa shape index (κ3) is 5.38. The Morgan fingerprint density at radius 3 is 2.00 bits per heavy atom. The molecule has 1 aromatic heterocycles. The fraction of sp³-hybridized carbons (Fsp3) is 0.556. The van der Waals surface area contributed by atoms with Crippen molar-refractivity contribution in [3.05, 3.63) is 22.6 Å². The van der Waals surface area contributed by atoms with Crippen LogP contribution in [0.3, 0.4) is 0 Å². The van der Waals surface area contributed by atoms with E-state index in [4.69, 9.17) is 32.7 Å². The van der Waals surface area contributed by atoms with Crippen LogP contribution in [0.1, 0.15) is 52.4 Å². The molecular formula is C18H24Cl2N2O2. The quantitative estimate of drug-likeness (QED) is 0.289. The molecule has 0 saturated heterocycles. The minimum Gasteiger partial charge on any atom is -0.490 e. The first-order valence-corrected chi connectivity index (χ1v) is 9.33. The highest BCUT2D eigenvalue weighted by atomic mass is 35.5. The molecule has 0 bridgehead atoms. The topological polar surface area (TPSA) is 44.2 Å². The van der Waals surface area contributed by atoms with Crippen molar-refractivity contribution in [2.45, 2.75) is 52.4 Å². The van der Waals surface area contributed by atoms with E-state index >= 15 is 0 Å². The van der Waals surface area contributed by atoms with E-state index in [9.17, 15) is 0 Å². The van der Waals surface area contributed by atoms with Gasteiger partial charge in [0.1, 0.15) is 5.15 Å². The Morgan fingerprint density at radius 1 is 0.833 bits per heavy atom. The van der Waals surface area contributed by atoms with Crippen LogP contribution in [-0.2, 0) is 0 Å². The van der Waals surface area contributed by atoms with Gasteiger partial charge in [0.2, 0.25) is 5.28 Å². The van der Waals surface area contributed by atoms with Gasteiger partial charge >= 0.3 is 0 Å². The normalized spacial score (nSPS) is 11.0. The van der Waals surface area contributed by atoms with E-state index in [0.29, 0.717) is 40.8 Å². The number of hydrogen-bond donors (Lipinski definition) is 0. The lowest BCUT2D eigenvalue weighted by atomic mass is 10.2. The van der Waals surface area contributed by atoms with Gasteiger partial charge in [-0.05, 0) is 30.5 Å². The summed E-state index contributed by atoms with van der Waals surface area (Å²) in [5, 5.41) is 1.16. The number of unbranched alkanes of at least 4 members (excludes halogenated alkanes) is 4. The van der Waals surface area contributed by atoms with Crippen LogP contribution in [-0.4, -0.2) is 23.2 Å². The summed E-state index contributed by atoms with van der Waals surface area (Å²) in [5.74, 6) is 1.36. The van der Waals surface area contributed by atoms with Gasteiger partial charge in [0.25, 0.3) is 0 Å². The molecule has 2 aromatic rings. The lowest BCUT2D eigenvalue weighted by Gasteiger charge is -2.14. The molecule has 132 valence electrons. The van der Waals surface area contributed by atoms with E-state index in [1.165, 1.54) is 0 Å². The average molecular weight is 371 g/mol. The van der Waals surface area contributed by atoms with Gasteiger partial charge in [-0.25, -0.2) is 9.97 Å². The van der Waals surface area contributed by atoms with Crippen molar-refractivity contribution in [2.75, 3.05) is 13.2 Å². The summed E-state index contributed by atoms with van der Waals surface area (Å²) in [4.78, 5) is 8.22. The largest absolute Gasteiger partial charge is 0.490 e. The van der Waals surface area contributed by atoms with Crippen molar-refractivity contribution in [1.29, 1.82) is 0 Å². The summed E-state index contributed by atoms with van der Waals surface area (Å²) in [6.07, 6.45) is 6.60. The summed E-state index contributed by atoms with van der Waals surface area (Å²) in [5.41, 5.74) is 0.659. The first kappa shape index (κ1) is 19.1. The van der Waals surface area contributed by atoms with Crippen LogP contribution >= 0.6 is 23.2 Å². The van der Waals surface area contributed by atoms with Crippen LogP contribution in [0.5, 0.6) is 11.5 Å². The second-order valence-corrected chi connectivity index (χ2v) is 6.41. The molecule has 0 spiro atoms. The number of halogens is 2. The standard InChI is InChI=1S/C18H24Cl2N2O2/c1-3-5-7-9-23-15-11-13-14(21-18(20)22-17(13)19)12-16(15)24-10-8-6-4-2/h11-12H,3-10H2,1-2H3. The first-order chi connectivity index (χ1) is 11.7.